The summed E-state index contributed by atoms with van der Waals surface area (Å²) in [5, 5.41) is 4.41. The van der Waals surface area contributed by atoms with Gasteiger partial charge in [-0.15, -0.1) is 0 Å². The second-order valence-electron chi connectivity index (χ2n) is 6.12. The molecular formula is C22H22N2O2. The molecule has 1 heterocycles. The van der Waals surface area contributed by atoms with Gasteiger partial charge in [-0.2, -0.15) is 0 Å². The van der Waals surface area contributed by atoms with E-state index in [4.69, 9.17) is 4.74 Å². The number of carbonyl (C=O) groups is 1. The van der Waals surface area contributed by atoms with E-state index in [1.807, 2.05) is 56.3 Å². The fraction of sp³-hybridized carbons (Fsp3) is 0.136. The molecule has 26 heavy (non-hydrogen) atoms. The molecule has 0 aliphatic carbocycles. The lowest BCUT2D eigenvalue weighted by Gasteiger charge is -2.11. The van der Waals surface area contributed by atoms with Gasteiger partial charge in [-0.05, 0) is 55.8 Å². The topological polar surface area (TPSA) is 54.1 Å². The van der Waals surface area contributed by atoms with Crippen molar-refractivity contribution in [3.63, 3.8) is 0 Å². The van der Waals surface area contributed by atoms with Crippen LogP contribution in [0.25, 0.3) is 22.6 Å². The Bertz CT molecular complexity index is 1010. The third-order valence-corrected chi connectivity index (χ3v) is 4.20. The smallest absolute Gasteiger partial charge is 0.339 e. The Balaban J connectivity index is 2.07. The van der Waals surface area contributed by atoms with E-state index >= 15 is 0 Å². The first-order valence-corrected chi connectivity index (χ1v) is 8.43. The maximum absolute atomic E-state index is 12.0. The number of ether oxygens (including phenoxy) is 1. The minimum Gasteiger partial charge on any atom is -0.465 e. The third kappa shape index (κ3) is 3.26. The molecule has 2 aromatic carbocycles. The summed E-state index contributed by atoms with van der Waals surface area (Å²) >= 11 is 0. The summed E-state index contributed by atoms with van der Waals surface area (Å²) in [7, 11) is 1.38. The molecule has 3 aromatic rings. The van der Waals surface area contributed by atoms with Crippen molar-refractivity contribution in [2.24, 2.45) is 0 Å². The number of aromatic nitrogens is 1. The van der Waals surface area contributed by atoms with Crippen LogP contribution < -0.4 is 5.32 Å². The van der Waals surface area contributed by atoms with Gasteiger partial charge in [-0.25, -0.2) is 4.79 Å². The van der Waals surface area contributed by atoms with Crippen LogP contribution in [0, 0.1) is 0 Å². The van der Waals surface area contributed by atoms with Crippen molar-refractivity contribution in [2.75, 3.05) is 12.4 Å². The maximum Gasteiger partial charge on any atom is 0.339 e. The normalized spacial score (nSPS) is 11.0. The van der Waals surface area contributed by atoms with Gasteiger partial charge >= 0.3 is 5.97 Å². The predicted molar refractivity (Wildman–Crippen MR) is 109 cm³/mol. The van der Waals surface area contributed by atoms with Gasteiger partial charge in [0, 0.05) is 27.8 Å². The van der Waals surface area contributed by atoms with Gasteiger partial charge in [0.2, 0.25) is 0 Å². The second-order valence-corrected chi connectivity index (χ2v) is 6.12. The van der Waals surface area contributed by atoms with E-state index < -0.39 is 0 Å². The average molecular weight is 346 g/mol. The number of esters is 1. The summed E-state index contributed by atoms with van der Waals surface area (Å²) in [6.45, 7) is 8.11. The second kappa shape index (κ2) is 7.31. The van der Waals surface area contributed by atoms with E-state index in [1.54, 1.807) is 6.07 Å². The lowest BCUT2D eigenvalue weighted by molar-refractivity contribution is 0.0602. The van der Waals surface area contributed by atoms with Crippen molar-refractivity contribution < 1.29 is 9.53 Å². The van der Waals surface area contributed by atoms with Crippen LogP contribution in [0.3, 0.4) is 0 Å². The molecule has 4 heteroatoms. The van der Waals surface area contributed by atoms with Crippen LogP contribution in [-0.2, 0) is 4.74 Å². The highest BCUT2D eigenvalue weighted by molar-refractivity contribution is 5.99. The molecule has 0 atom stereocenters. The van der Waals surface area contributed by atoms with Crippen LogP contribution in [0.15, 0.2) is 55.1 Å². The SMILES string of the molecule is C=C(C)c1c(C=CC)[nH]c2ccc(Nc3ccccc3C(=O)OC)cc12. The Morgan fingerprint density at radius 1 is 1.23 bits per heavy atom. The lowest BCUT2D eigenvalue weighted by Crippen LogP contribution is -2.05. The number of methoxy groups -OCH3 is 1. The summed E-state index contributed by atoms with van der Waals surface area (Å²) in [6.07, 6.45) is 4.05. The number of anilines is 2. The summed E-state index contributed by atoms with van der Waals surface area (Å²) in [5.41, 5.74) is 6.28. The molecule has 0 fully saturated rings. The molecule has 0 aliphatic heterocycles. The number of fused-ring (bicyclic) bond motifs is 1. The zero-order valence-corrected chi connectivity index (χ0v) is 15.2. The van der Waals surface area contributed by atoms with Crippen LogP contribution in [0.1, 0.15) is 35.5 Å². The van der Waals surface area contributed by atoms with Crippen molar-refractivity contribution in [1.82, 2.24) is 4.98 Å². The zero-order valence-electron chi connectivity index (χ0n) is 15.2. The van der Waals surface area contributed by atoms with Crippen LogP contribution in [0.5, 0.6) is 0 Å². The molecule has 0 radical (unpaired) electrons. The number of H-pyrrole nitrogens is 1. The first kappa shape index (κ1) is 17.5. The van der Waals surface area contributed by atoms with E-state index in [2.05, 4.69) is 22.9 Å². The summed E-state index contributed by atoms with van der Waals surface area (Å²) in [6, 6.07) is 13.4. The largest absolute Gasteiger partial charge is 0.465 e. The van der Waals surface area contributed by atoms with Gasteiger partial charge in [0.15, 0.2) is 0 Å². The fourth-order valence-electron chi connectivity index (χ4n) is 3.08. The first-order valence-electron chi connectivity index (χ1n) is 8.43. The number of aromatic amines is 1. The summed E-state index contributed by atoms with van der Waals surface area (Å²) < 4.78 is 4.86. The minimum absolute atomic E-state index is 0.367. The van der Waals surface area contributed by atoms with Crippen molar-refractivity contribution in [2.45, 2.75) is 13.8 Å². The van der Waals surface area contributed by atoms with E-state index in [-0.39, 0.29) is 5.97 Å². The van der Waals surface area contributed by atoms with Gasteiger partial charge in [0.25, 0.3) is 0 Å². The molecule has 2 N–H and O–H groups in total. The maximum atomic E-state index is 12.0. The van der Waals surface area contributed by atoms with Crippen molar-refractivity contribution >= 4 is 39.9 Å². The molecular weight excluding hydrogens is 324 g/mol. The number of para-hydroxylation sites is 1. The number of hydrogen-bond acceptors (Lipinski definition) is 3. The van der Waals surface area contributed by atoms with E-state index in [9.17, 15) is 4.79 Å². The average Bonchev–Trinajstić information content (AvgIpc) is 2.99. The Morgan fingerprint density at radius 2 is 2.00 bits per heavy atom. The van der Waals surface area contributed by atoms with Crippen LogP contribution >= 0.6 is 0 Å². The van der Waals surface area contributed by atoms with E-state index in [1.165, 1.54) is 7.11 Å². The lowest BCUT2D eigenvalue weighted by atomic mass is 10.0. The van der Waals surface area contributed by atoms with Gasteiger partial charge in [0.05, 0.1) is 18.4 Å². The number of allylic oxidation sites excluding steroid dienone is 2. The van der Waals surface area contributed by atoms with Crippen molar-refractivity contribution in [3.05, 3.63) is 71.9 Å². The highest BCUT2D eigenvalue weighted by atomic mass is 16.5. The molecule has 132 valence electrons. The molecule has 0 amide bonds. The minimum atomic E-state index is -0.367. The zero-order chi connectivity index (χ0) is 18.7. The molecule has 0 aliphatic rings. The molecule has 1 aromatic heterocycles. The predicted octanol–water partition coefficient (Wildman–Crippen LogP) is 5.76. The molecule has 0 unspecified atom stereocenters. The van der Waals surface area contributed by atoms with Gasteiger partial charge in [0.1, 0.15) is 0 Å². The highest BCUT2D eigenvalue weighted by Crippen LogP contribution is 2.32. The van der Waals surface area contributed by atoms with Crippen molar-refractivity contribution in [1.29, 1.82) is 0 Å². The highest BCUT2D eigenvalue weighted by Gasteiger charge is 2.13. The Kier molecular flexibility index (Phi) is 4.94. The van der Waals surface area contributed by atoms with E-state index in [0.29, 0.717) is 11.3 Å². The quantitative estimate of drug-likeness (QED) is 0.577. The molecule has 0 spiro atoms. The summed E-state index contributed by atoms with van der Waals surface area (Å²) in [4.78, 5) is 15.4. The van der Waals surface area contributed by atoms with Crippen molar-refractivity contribution in [3.8, 4) is 0 Å². The molecule has 3 rings (SSSR count). The van der Waals surface area contributed by atoms with Crippen LogP contribution in [-0.4, -0.2) is 18.1 Å². The first-order chi connectivity index (χ1) is 12.5. The number of carbonyl (C=O) groups excluding carboxylic acids is 1. The van der Waals surface area contributed by atoms with Crippen LogP contribution in [0.4, 0.5) is 11.4 Å². The molecule has 4 nitrogen and oxygen atoms in total. The summed E-state index contributed by atoms with van der Waals surface area (Å²) in [5.74, 6) is -0.367. The van der Waals surface area contributed by atoms with Crippen LogP contribution in [0.2, 0.25) is 0 Å². The Hall–Kier alpha value is -3.27. The van der Waals surface area contributed by atoms with Gasteiger partial charge < -0.3 is 15.0 Å². The van der Waals surface area contributed by atoms with Gasteiger partial charge in [-0.3, -0.25) is 0 Å². The number of benzene rings is 2. The Labute approximate surface area is 153 Å². The Morgan fingerprint density at radius 3 is 2.69 bits per heavy atom. The number of hydrogen-bond donors (Lipinski definition) is 2. The number of rotatable bonds is 5. The molecule has 0 bridgehead atoms. The standard InChI is InChI=1S/C22H22N2O2/c1-5-8-20-21(14(2)3)17-13-15(11-12-19(17)24-20)23-18-10-7-6-9-16(18)22(25)26-4/h5-13,23-24H,2H2,1,3-4H3. The number of nitrogens with one attached hydrogen (secondary N) is 2. The fourth-order valence-corrected chi connectivity index (χ4v) is 3.08. The molecule has 0 saturated heterocycles. The molecule has 0 saturated carbocycles. The third-order valence-electron chi connectivity index (χ3n) is 4.20. The van der Waals surface area contributed by atoms with Gasteiger partial charge in [-0.1, -0.05) is 24.8 Å². The van der Waals surface area contributed by atoms with E-state index in [0.717, 1.165) is 33.4 Å². The monoisotopic (exact) mass is 346 g/mol.